The summed E-state index contributed by atoms with van der Waals surface area (Å²) in [6.45, 7) is 0.913. The van der Waals surface area contributed by atoms with Gasteiger partial charge in [-0.3, -0.25) is 48.1 Å². The number of aliphatic imine (C=N–C) groups is 1. The number of likely N-dealkylation sites (tertiary alicyclic amines) is 1. The van der Waals surface area contributed by atoms with Gasteiger partial charge < -0.3 is 69.6 Å². The Morgan fingerprint density at radius 2 is 1.42 bits per heavy atom. The first-order valence-corrected chi connectivity index (χ1v) is 23.4. The van der Waals surface area contributed by atoms with E-state index in [0.717, 1.165) is 5.56 Å². The highest BCUT2D eigenvalue weighted by atomic mass is 32.1. The maximum atomic E-state index is 13.9. The molecule has 15 N–H and O–H groups in total. The molecule has 0 spiro atoms. The zero-order valence-electron chi connectivity index (χ0n) is 38.3. The lowest BCUT2D eigenvalue weighted by Crippen LogP contribution is -2.59. The van der Waals surface area contributed by atoms with E-state index in [-0.39, 0.29) is 81.4 Å². The van der Waals surface area contributed by atoms with Gasteiger partial charge in [0.25, 0.3) is 0 Å². The van der Waals surface area contributed by atoms with Gasteiger partial charge in [-0.2, -0.15) is 25.3 Å². The number of phenols is 1. The molecule has 2 aromatic carbocycles. The predicted octanol–water partition coefficient (Wildman–Crippen LogP) is -3.22. The van der Waals surface area contributed by atoms with Crippen LogP contribution in [0.5, 0.6) is 5.75 Å². The fourth-order valence-electron chi connectivity index (χ4n) is 7.13. The molecule has 7 atom stereocenters. The zero-order valence-corrected chi connectivity index (χ0v) is 40.1. The van der Waals surface area contributed by atoms with E-state index in [1.54, 1.807) is 12.1 Å². The van der Waals surface area contributed by atoms with Crippen molar-refractivity contribution in [3.05, 3.63) is 65.7 Å². The number of primary amides is 2. The molecule has 23 nitrogen and oxygen atoms in total. The maximum Gasteiger partial charge on any atom is 0.249 e. The molecule has 2 aromatic rings. The second-order valence-electron chi connectivity index (χ2n) is 16.2. The fraction of sp³-hybridized carbons (Fsp3) is 0.500. The van der Waals surface area contributed by atoms with Crippen molar-refractivity contribution < 1.29 is 53.0 Å². The number of carbonyl (C=O) groups excluding carboxylic acids is 9. The van der Waals surface area contributed by atoms with Crippen molar-refractivity contribution >= 4 is 84.4 Å². The number of hydrogen-bond acceptors (Lipinski definition) is 14. The second-order valence-corrected chi connectivity index (χ2v) is 17.0. The van der Waals surface area contributed by atoms with Gasteiger partial charge in [0.15, 0.2) is 5.96 Å². The molecule has 0 bridgehead atoms. The minimum absolute atomic E-state index is 0.0282. The monoisotopic (exact) mass is 1000 g/mol. The summed E-state index contributed by atoms with van der Waals surface area (Å²) in [5.74, 6) is -6.80. The highest BCUT2D eigenvalue weighted by Gasteiger charge is 2.39. The Labute approximate surface area is 410 Å². The summed E-state index contributed by atoms with van der Waals surface area (Å²) in [6.07, 6.45) is -0.642. The molecule has 3 rings (SSSR count). The lowest BCUT2D eigenvalue weighted by molar-refractivity contribution is -0.142. The average Bonchev–Trinajstić information content (AvgIpc) is 3.80. The van der Waals surface area contributed by atoms with Crippen molar-refractivity contribution in [3.63, 3.8) is 0 Å². The average molecular weight is 1000 g/mol. The van der Waals surface area contributed by atoms with Crippen LogP contribution in [0.3, 0.4) is 0 Å². The Hall–Kier alpha value is -6.60. The van der Waals surface area contributed by atoms with Crippen molar-refractivity contribution in [1.82, 2.24) is 36.8 Å². The number of aromatic hydroxyl groups is 1. The number of hydrogen-bond donors (Lipinski definition) is 13. The van der Waals surface area contributed by atoms with E-state index >= 15 is 0 Å². The van der Waals surface area contributed by atoms with Gasteiger partial charge in [-0.05, 0) is 68.0 Å². The van der Waals surface area contributed by atoms with Crippen LogP contribution in [-0.4, -0.2) is 149 Å². The summed E-state index contributed by atoms with van der Waals surface area (Å²) in [7, 11) is 0. The number of amides is 9. The highest BCUT2D eigenvalue weighted by Crippen LogP contribution is 2.20. The van der Waals surface area contributed by atoms with Crippen molar-refractivity contribution in [2.45, 2.75) is 101 Å². The minimum Gasteiger partial charge on any atom is -0.508 e. The fourth-order valence-corrected chi connectivity index (χ4v) is 7.58. The molecule has 0 aromatic heterocycles. The minimum atomic E-state index is -1.59. The number of nitrogens with one attached hydrogen (secondary N) is 6. The third-order valence-electron chi connectivity index (χ3n) is 10.6. The Morgan fingerprint density at radius 1 is 0.768 bits per heavy atom. The van der Waals surface area contributed by atoms with Crippen molar-refractivity contribution in [3.8, 4) is 5.75 Å². The van der Waals surface area contributed by atoms with Gasteiger partial charge in [0.1, 0.15) is 42.1 Å². The lowest BCUT2D eigenvalue weighted by Gasteiger charge is -2.30. The first-order chi connectivity index (χ1) is 32.8. The van der Waals surface area contributed by atoms with E-state index in [1.165, 1.54) is 24.0 Å². The van der Waals surface area contributed by atoms with Crippen LogP contribution in [-0.2, 0) is 60.7 Å². The number of thiol groups is 2. The summed E-state index contributed by atoms with van der Waals surface area (Å²) in [6, 6.07) is 8.32. The third kappa shape index (κ3) is 20.3. The Balaban J connectivity index is 1.71. The van der Waals surface area contributed by atoms with Crippen LogP contribution in [0.2, 0.25) is 0 Å². The van der Waals surface area contributed by atoms with Crippen molar-refractivity contribution in [2.75, 3.05) is 37.7 Å². The summed E-state index contributed by atoms with van der Waals surface area (Å²) in [4.78, 5) is 123. The molecule has 69 heavy (non-hydrogen) atoms. The number of nitrogens with two attached hydrogens (primary N) is 4. The van der Waals surface area contributed by atoms with Crippen LogP contribution in [0.25, 0.3) is 0 Å². The van der Waals surface area contributed by atoms with E-state index < -0.39 is 108 Å². The Kier molecular flexibility index (Phi) is 24.1. The van der Waals surface area contributed by atoms with Crippen LogP contribution in [0, 0.1) is 0 Å². The van der Waals surface area contributed by atoms with E-state index in [0.29, 0.717) is 12.0 Å². The second kappa shape index (κ2) is 29.3. The van der Waals surface area contributed by atoms with Gasteiger partial charge in [-0.25, -0.2) is 0 Å². The lowest BCUT2D eigenvalue weighted by atomic mass is 10.0. The number of carbonyl (C=O) groups is 9. The van der Waals surface area contributed by atoms with Gasteiger partial charge in [-0.15, -0.1) is 0 Å². The molecule has 9 amide bonds. The zero-order chi connectivity index (χ0) is 51.0. The standard InChI is InChI=1S/C44H64N12O11S2/c1-25(67-23-28(19-26-7-3-2-4-8-26)51-40(63)31(52-37(60)15-18-68)20-27-11-13-29(57)14-12-27)38(61)54-32(21-35(45)58)41(64)55-33(24-69)43(66)56-17-6-10-34(56)42(65)53-30(9-5-16-49-44(47)48)39(62)50-22-36(46)59/h2-4,7-8,11-14,25,28,30-34,57,68-69H,5-6,9-10,15-24H2,1H3,(H2,45,58)(H2,46,59)(H,50,62)(H,51,63)(H,52,60)(H,53,65)(H,54,61)(H,55,64)(H4,47,48,49)/t25-,28-,30+,31-,32-,33-,34-/m0/s1. The number of phenolic OH excluding ortho intramolecular Hbond substituents is 1. The topological polar surface area (TPSA) is 375 Å². The summed E-state index contributed by atoms with van der Waals surface area (Å²) >= 11 is 8.37. The van der Waals surface area contributed by atoms with E-state index in [4.69, 9.17) is 27.7 Å². The summed E-state index contributed by atoms with van der Waals surface area (Å²) < 4.78 is 5.93. The van der Waals surface area contributed by atoms with Gasteiger partial charge in [0.2, 0.25) is 53.2 Å². The first-order valence-electron chi connectivity index (χ1n) is 22.2. The molecule has 378 valence electrons. The molecule has 0 unspecified atom stereocenters. The number of rotatable bonds is 29. The highest BCUT2D eigenvalue weighted by molar-refractivity contribution is 7.80. The molecule has 1 aliphatic rings. The predicted molar refractivity (Wildman–Crippen MR) is 260 cm³/mol. The maximum absolute atomic E-state index is 13.9. The molecular formula is C44H64N12O11S2. The molecule has 1 heterocycles. The number of guanidine groups is 1. The molecule has 1 aliphatic heterocycles. The van der Waals surface area contributed by atoms with Gasteiger partial charge in [-0.1, -0.05) is 42.5 Å². The molecule has 0 aliphatic carbocycles. The molecule has 0 saturated carbocycles. The van der Waals surface area contributed by atoms with Gasteiger partial charge in [0, 0.05) is 31.7 Å². The number of benzene rings is 2. The summed E-state index contributed by atoms with van der Waals surface area (Å²) in [5.41, 5.74) is 22.9. The molecule has 1 fully saturated rings. The van der Waals surface area contributed by atoms with E-state index in [1.807, 2.05) is 30.3 Å². The first kappa shape index (κ1) is 56.7. The Bertz CT molecular complexity index is 2120. The molecular weight excluding hydrogens is 937 g/mol. The molecule has 0 radical (unpaired) electrons. The van der Waals surface area contributed by atoms with Crippen LogP contribution in [0.15, 0.2) is 59.6 Å². The normalized spacial score (nSPS) is 15.7. The van der Waals surface area contributed by atoms with E-state index in [9.17, 15) is 48.3 Å². The van der Waals surface area contributed by atoms with Gasteiger partial charge >= 0.3 is 0 Å². The molecule has 25 heteroatoms. The summed E-state index contributed by atoms with van der Waals surface area (Å²) in [5, 5.41) is 25.3. The third-order valence-corrected chi connectivity index (χ3v) is 11.2. The van der Waals surface area contributed by atoms with Crippen LogP contribution in [0.1, 0.15) is 56.6 Å². The van der Waals surface area contributed by atoms with Crippen LogP contribution in [0.4, 0.5) is 0 Å². The Morgan fingerprint density at radius 3 is 2.04 bits per heavy atom. The largest absolute Gasteiger partial charge is 0.508 e. The van der Waals surface area contributed by atoms with Crippen LogP contribution >= 0.6 is 25.3 Å². The van der Waals surface area contributed by atoms with Crippen LogP contribution < -0.4 is 54.8 Å². The number of ether oxygens (including phenoxy) is 1. The quantitative estimate of drug-likeness (QED) is 0.0165. The molecule has 1 saturated heterocycles. The number of nitrogens with zero attached hydrogens (tertiary/aromatic N) is 2. The van der Waals surface area contributed by atoms with E-state index in [2.05, 4.69) is 62.2 Å². The van der Waals surface area contributed by atoms with Gasteiger partial charge in [0.05, 0.1) is 25.6 Å². The van der Waals surface area contributed by atoms with Crippen molar-refractivity contribution in [2.24, 2.45) is 27.9 Å². The smallest absolute Gasteiger partial charge is 0.249 e. The van der Waals surface area contributed by atoms with Crippen molar-refractivity contribution in [1.29, 1.82) is 0 Å². The SMILES string of the molecule is C[C@H](OC[C@H](Cc1ccccc1)NC(=O)[C@H](Cc1ccc(O)cc1)NC(=O)CCS)C(=O)N[C@@H](CC(N)=O)C(=O)N[C@@H](CS)C(=O)N1CCC[C@H]1C(=O)N[C@H](CCCN=C(N)N)C(=O)NCC(N)=O.